The molecule has 0 spiro atoms. The second kappa shape index (κ2) is 9.36. The Bertz CT molecular complexity index is 1380. The number of benzene rings is 3. The van der Waals surface area contributed by atoms with Gasteiger partial charge < -0.3 is 4.74 Å². The molecule has 0 unspecified atom stereocenters. The van der Waals surface area contributed by atoms with Crippen LogP contribution in [-0.4, -0.2) is 16.2 Å². The Labute approximate surface area is 182 Å². The Hall–Kier alpha value is -4.77. The number of H-pyrrole nitrogens is 1. The minimum atomic E-state index is -0.581. The zero-order valence-electron chi connectivity index (χ0n) is 16.6. The van der Waals surface area contributed by atoms with Gasteiger partial charge in [-0.05, 0) is 24.3 Å². The summed E-state index contributed by atoms with van der Waals surface area (Å²) in [4.78, 5) is 19.1. The molecule has 0 fully saturated rings. The molecule has 8 heteroatoms. The molecular weight excluding hydrogens is 409 g/mol. The van der Waals surface area contributed by atoms with Gasteiger partial charge in [0, 0.05) is 11.1 Å². The van der Waals surface area contributed by atoms with Crippen molar-refractivity contribution < 1.29 is 9.13 Å². The van der Waals surface area contributed by atoms with E-state index in [9.17, 15) is 14.4 Å². The summed E-state index contributed by atoms with van der Waals surface area (Å²) in [6.07, 6.45) is 1.45. The van der Waals surface area contributed by atoms with Gasteiger partial charge in [-0.1, -0.05) is 54.6 Å². The number of aromatic amines is 1. The molecule has 3 aromatic carbocycles. The zero-order chi connectivity index (χ0) is 22.3. The van der Waals surface area contributed by atoms with Crippen LogP contribution in [0.5, 0.6) is 11.5 Å². The van der Waals surface area contributed by atoms with Crippen LogP contribution < -0.4 is 15.7 Å². The minimum Gasteiger partial charge on any atom is -0.454 e. The van der Waals surface area contributed by atoms with E-state index in [-0.39, 0.29) is 23.0 Å². The third-order valence-electron chi connectivity index (χ3n) is 4.43. The third-order valence-corrected chi connectivity index (χ3v) is 4.43. The summed E-state index contributed by atoms with van der Waals surface area (Å²) < 4.78 is 19.6. The van der Waals surface area contributed by atoms with Gasteiger partial charge in [0.05, 0.1) is 11.9 Å². The summed E-state index contributed by atoms with van der Waals surface area (Å²) in [7, 11) is 0. The van der Waals surface area contributed by atoms with Crippen LogP contribution in [0.4, 0.5) is 10.3 Å². The van der Waals surface area contributed by atoms with Crippen molar-refractivity contribution in [2.75, 3.05) is 5.43 Å². The SMILES string of the molecule is N#Cc1c(-c2ccccc2)nc(NN=Cc2ccccc2Oc2ccccc2F)[nH]c1=O. The van der Waals surface area contributed by atoms with Crippen LogP contribution in [0.15, 0.2) is 88.8 Å². The largest absolute Gasteiger partial charge is 0.454 e. The number of rotatable bonds is 6. The van der Waals surface area contributed by atoms with E-state index in [2.05, 4.69) is 20.5 Å². The highest BCUT2D eigenvalue weighted by Gasteiger charge is 2.13. The number of hydrogen-bond acceptors (Lipinski definition) is 6. The van der Waals surface area contributed by atoms with Crippen molar-refractivity contribution in [2.24, 2.45) is 5.10 Å². The first-order valence-electron chi connectivity index (χ1n) is 9.56. The van der Waals surface area contributed by atoms with Crippen molar-refractivity contribution in [3.8, 4) is 28.8 Å². The van der Waals surface area contributed by atoms with Gasteiger partial charge in [-0.25, -0.2) is 14.8 Å². The first-order chi connectivity index (χ1) is 15.7. The number of nitrogens with one attached hydrogen (secondary N) is 2. The lowest BCUT2D eigenvalue weighted by Gasteiger charge is -2.09. The van der Waals surface area contributed by atoms with Crippen LogP contribution in [0.25, 0.3) is 11.3 Å². The summed E-state index contributed by atoms with van der Waals surface area (Å²) in [5.74, 6) is 0.0723. The van der Waals surface area contributed by atoms with Crippen LogP contribution in [0.1, 0.15) is 11.1 Å². The Kier molecular flexibility index (Phi) is 6.00. The van der Waals surface area contributed by atoms with Crippen LogP contribution in [0.2, 0.25) is 0 Å². The molecule has 0 amide bonds. The fraction of sp³-hybridized carbons (Fsp3) is 0. The molecule has 0 saturated carbocycles. The summed E-state index contributed by atoms with van der Waals surface area (Å²) >= 11 is 0. The van der Waals surface area contributed by atoms with Crippen LogP contribution in [-0.2, 0) is 0 Å². The molecule has 1 heterocycles. The molecule has 0 aliphatic heterocycles. The predicted molar refractivity (Wildman–Crippen MR) is 119 cm³/mol. The standard InChI is InChI=1S/C24H16FN5O2/c25-19-11-5-7-13-21(19)32-20-12-6-4-10-17(20)15-27-30-24-28-22(16-8-2-1-3-9-16)18(14-26)23(31)29-24/h1-13,15H,(H2,28,29,30,31). The van der Waals surface area contributed by atoms with E-state index in [4.69, 9.17) is 4.74 Å². The molecule has 2 N–H and O–H groups in total. The van der Waals surface area contributed by atoms with Crippen LogP contribution in [0, 0.1) is 17.1 Å². The maximum Gasteiger partial charge on any atom is 0.270 e. The Morgan fingerprint density at radius 3 is 2.44 bits per heavy atom. The highest BCUT2D eigenvalue weighted by Crippen LogP contribution is 2.26. The molecule has 0 atom stereocenters. The number of halogens is 1. The quantitative estimate of drug-likeness (QED) is 0.345. The predicted octanol–water partition coefficient (Wildman–Crippen LogP) is 4.69. The first-order valence-corrected chi connectivity index (χ1v) is 9.56. The van der Waals surface area contributed by atoms with Gasteiger partial charge in [0.2, 0.25) is 5.95 Å². The van der Waals surface area contributed by atoms with Gasteiger partial charge in [0.15, 0.2) is 11.6 Å². The number of anilines is 1. The van der Waals surface area contributed by atoms with Gasteiger partial charge in [0.1, 0.15) is 17.4 Å². The van der Waals surface area contributed by atoms with Gasteiger partial charge in [-0.3, -0.25) is 9.78 Å². The topological polar surface area (TPSA) is 103 Å². The molecule has 0 saturated heterocycles. The minimum absolute atomic E-state index is 0.0663. The molecule has 156 valence electrons. The highest BCUT2D eigenvalue weighted by atomic mass is 19.1. The molecular formula is C24H16FN5O2. The first kappa shape index (κ1) is 20.5. The molecule has 1 aromatic heterocycles. The molecule has 4 rings (SSSR count). The van der Waals surface area contributed by atoms with E-state index in [1.165, 1.54) is 18.3 Å². The van der Waals surface area contributed by atoms with E-state index in [0.717, 1.165) is 0 Å². The molecule has 0 radical (unpaired) electrons. The lowest BCUT2D eigenvalue weighted by atomic mass is 10.1. The molecule has 4 aromatic rings. The van der Waals surface area contributed by atoms with E-state index in [1.54, 1.807) is 60.7 Å². The second-order valence-corrected chi connectivity index (χ2v) is 6.56. The van der Waals surface area contributed by atoms with Gasteiger partial charge in [-0.2, -0.15) is 10.4 Å². The zero-order valence-corrected chi connectivity index (χ0v) is 16.6. The summed E-state index contributed by atoms with van der Waals surface area (Å²) in [6, 6.07) is 23.9. The van der Waals surface area contributed by atoms with Crippen LogP contribution in [0.3, 0.4) is 0 Å². The molecule has 7 nitrogen and oxygen atoms in total. The third kappa shape index (κ3) is 4.52. The molecule has 32 heavy (non-hydrogen) atoms. The van der Waals surface area contributed by atoms with Gasteiger partial charge >= 0.3 is 0 Å². The summed E-state index contributed by atoms with van der Waals surface area (Å²) in [5.41, 5.74) is 3.44. The van der Waals surface area contributed by atoms with Crippen molar-refractivity contribution in [3.05, 3.63) is 106 Å². The van der Waals surface area contributed by atoms with Crippen molar-refractivity contribution in [3.63, 3.8) is 0 Å². The van der Waals surface area contributed by atoms with Crippen molar-refractivity contribution in [2.45, 2.75) is 0 Å². The number of aromatic nitrogens is 2. The number of ether oxygens (including phenoxy) is 1. The number of hydrogen-bond donors (Lipinski definition) is 2. The van der Waals surface area contributed by atoms with Gasteiger partial charge in [-0.15, -0.1) is 0 Å². The average molecular weight is 425 g/mol. The molecule has 0 bridgehead atoms. The maximum atomic E-state index is 13.9. The lowest BCUT2D eigenvalue weighted by molar-refractivity contribution is 0.442. The fourth-order valence-corrected chi connectivity index (χ4v) is 2.92. The molecule has 0 aliphatic rings. The van der Waals surface area contributed by atoms with E-state index in [0.29, 0.717) is 16.9 Å². The van der Waals surface area contributed by atoms with E-state index < -0.39 is 11.4 Å². The van der Waals surface area contributed by atoms with Gasteiger partial charge in [0.25, 0.3) is 5.56 Å². The Balaban J connectivity index is 1.59. The monoisotopic (exact) mass is 425 g/mol. The van der Waals surface area contributed by atoms with Crippen molar-refractivity contribution in [1.29, 1.82) is 5.26 Å². The number of nitrogens with zero attached hydrogens (tertiary/aromatic N) is 3. The Morgan fingerprint density at radius 1 is 1.00 bits per heavy atom. The lowest BCUT2D eigenvalue weighted by Crippen LogP contribution is -2.16. The Morgan fingerprint density at radius 2 is 1.69 bits per heavy atom. The number of para-hydroxylation sites is 2. The second-order valence-electron chi connectivity index (χ2n) is 6.56. The van der Waals surface area contributed by atoms with Crippen molar-refractivity contribution >= 4 is 12.2 Å². The summed E-state index contributed by atoms with van der Waals surface area (Å²) in [6.45, 7) is 0. The number of nitriles is 1. The van der Waals surface area contributed by atoms with E-state index in [1.807, 2.05) is 12.1 Å². The molecule has 0 aliphatic carbocycles. The average Bonchev–Trinajstić information content (AvgIpc) is 2.82. The summed E-state index contributed by atoms with van der Waals surface area (Å²) in [5, 5.41) is 13.5. The number of hydrazone groups is 1. The van der Waals surface area contributed by atoms with Crippen LogP contribution >= 0.6 is 0 Å². The maximum absolute atomic E-state index is 13.9. The highest BCUT2D eigenvalue weighted by molar-refractivity contribution is 5.84. The fourth-order valence-electron chi connectivity index (χ4n) is 2.92. The smallest absolute Gasteiger partial charge is 0.270 e. The van der Waals surface area contributed by atoms with E-state index >= 15 is 0 Å². The van der Waals surface area contributed by atoms with Crippen molar-refractivity contribution in [1.82, 2.24) is 9.97 Å². The normalized spacial score (nSPS) is 10.6.